The average molecular weight is 533 g/mol. The highest BCUT2D eigenvalue weighted by Gasteiger charge is 1.96. The number of allylic oxidation sites excluding steroid dienone is 16. The van der Waals surface area contributed by atoms with E-state index in [0.717, 1.165) is 12.8 Å². The molecule has 0 N–H and O–H groups in total. The quantitative estimate of drug-likeness (QED) is 0.137. The Morgan fingerprint density at radius 3 is 0.846 bits per heavy atom. The van der Waals surface area contributed by atoms with Gasteiger partial charge in [0.1, 0.15) is 0 Å². The molecule has 220 valence electrons. The van der Waals surface area contributed by atoms with Crippen molar-refractivity contribution in [1.82, 2.24) is 0 Å². The van der Waals surface area contributed by atoms with E-state index in [-0.39, 0.29) is 0 Å². The fourth-order valence-electron chi connectivity index (χ4n) is 4.39. The molecule has 0 aromatic rings. The second kappa shape index (κ2) is 23.8. The zero-order valence-corrected chi connectivity index (χ0v) is 27.8. The van der Waals surface area contributed by atoms with Gasteiger partial charge in [-0.1, -0.05) is 93.2 Å². The van der Waals surface area contributed by atoms with Crippen LogP contribution in [0.1, 0.15) is 153 Å². The molecule has 0 amide bonds. The topological polar surface area (TPSA) is 0 Å². The molecule has 0 aromatic heterocycles. The molecule has 0 heterocycles. The van der Waals surface area contributed by atoms with Gasteiger partial charge in [-0.2, -0.15) is 0 Å². The Balaban J connectivity index is 4.19. The summed E-state index contributed by atoms with van der Waals surface area (Å²) in [5, 5.41) is 0. The van der Waals surface area contributed by atoms with Crippen molar-refractivity contribution in [1.29, 1.82) is 0 Å². The largest absolute Gasteiger partial charge is 0.0884 e. The Morgan fingerprint density at radius 2 is 0.590 bits per heavy atom. The lowest BCUT2D eigenvalue weighted by atomic mass is 10.0. The molecule has 0 rings (SSSR count). The molecule has 0 spiro atoms. The van der Waals surface area contributed by atoms with Gasteiger partial charge in [-0.05, 0) is 153 Å². The molecular formula is C39H64. The summed E-state index contributed by atoms with van der Waals surface area (Å²) in [7, 11) is 0. The molecule has 0 saturated carbocycles. The molecule has 0 bridgehead atoms. The van der Waals surface area contributed by atoms with Gasteiger partial charge in [-0.15, -0.1) is 0 Å². The molecule has 0 fully saturated rings. The average Bonchev–Trinajstić information content (AvgIpc) is 2.87. The number of hydrogen-bond donors (Lipinski definition) is 0. The molecule has 0 saturated heterocycles. The lowest BCUT2D eigenvalue weighted by Crippen LogP contribution is -1.84. The smallest absolute Gasteiger partial charge is 0.0139 e. The van der Waals surface area contributed by atoms with E-state index in [4.69, 9.17) is 0 Å². The highest BCUT2D eigenvalue weighted by molar-refractivity contribution is 5.11. The van der Waals surface area contributed by atoms with Gasteiger partial charge in [-0.25, -0.2) is 0 Å². The van der Waals surface area contributed by atoms with Gasteiger partial charge >= 0.3 is 0 Å². The minimum absolute atomic E-state index is 1.09. The minimum Gasteiger partial charge on any atom is -0.0884 e. The third-order valence-electron chi connectivity index (χ3n) is 7.51. The second-order valence-electron chi connectivity index (χ2n) is 12.2. The van der Waals surface area contributed by atoms with Crippen molar-refractivity contribution in [3.8, 4) is 0 Å². The lowest BCUT2D eigenvalue weighted by Gasteiger charge is -2.04. The van der Waals surface area contributed by atoms with E-state index in [1.54, 1.807) is 0 Å². The van der Waals surface area contributed by atoms with Crippen molar-refractivity contribution < 1.29 is 0 Å². The maximum absolute atomic E-state index is 2.46. The summed E-state index contributed by atoms with van der Waals surface area (Å²) >= 11 is 0. The maximum Gasteiger partial charge on any atom is -0.0139 e. The third kappa shape index (κ3) is 24.7. The Hall–Kier alpha value is -2.08. The van der Waals surface area contributed by atoms with Gasteiger partial charge in [-0.3, -0.25) is 0 Å². The third-order valence-corrected chi connectivity index (χ3v) is 7.51. The maximum atomic E-state index is 2.46. The highest BCUT2D eigenvalue weighted by atomic mass is 14.0. The van der Waals surface area contributed by atoms with Crippen LogP contribution in [0.2, 0.25) is 0 Å². The van der Waals surface area contributed by atoms with Crippen LogP contribution < -0.4 is 0 Å². The predicted octanol–water partition coefficient (Wildman–Crippen LogP) is 13.7. The van der Waals surface area contributed by atoms with Crippen LogP contribution >= 0.6 is 0 Å². The number of hydrogen-bond acceptors (Lipinski definition) is 0. The fourth-order valence-corrected chi connectivity index (χ4v) is 4.39. The molecule has 0 aliphatic heterocycles. The molecule has 0 aliphatic rings. The van der Waals surface area contributed by atoms with E-state index in [1.807, 2.05) is 0 Å². The summed E-state index contributed by atoms with van der Waals surface area (Å²) < 4.78 is 0. The normalized spacial score (nSPS) is 14.8. The summed E-state index contributed by atoms with van der Waals surface area (Å²) in [6, 6.07) is 0. The Kier molecular flexibility index (Phi) is 22.5. The molecule has 0 radical (unpaired) electrons. The van der Waals surface area contributed by atoms with E-state index >= 15 is 0 Å². The van der Waals surface area contributed by atoms with Gasteiger partial charge in [0.15, 0.2) is 0 Å². The van der Waals surface area contributed by atoms with E-state index in [1.165, 1.54) is 115 Å². The van der Waals surface area contributed by atoms with Crippen molar-refractivity contribution in [2.45, 2.75) is 153 Å². The molecule has 0 unspecified atom stereocenters. The van der Waals surface area contributed by atoms with E-state index in [2.05, 4.69) is 118 Å². The SMILES string of the molecule is CC=C(C)CC=C(C)CCC=C(C)CCC=C(C)CCC=C(C)CCC=C(C)CCC=C(C)CCC=C(C)C. The van der Waals surface area contributed by atoms with Crippen molar-refractivity contribution in [2.75, 3.05) is 0 Å². The standard InChI is InChI=1S/C39H64/c1-11-33(4)30-31-39(10)29-17-28-38(9)27-16-26-37(8)25-15-24-36(7)23-14-22-35(6)21-13-20-34(5)19-12-18-32(2)3/h11,18,20,22,24,26,28,31H,12-17,19,21,23,25,27,29-30H2,1-10H3. The summed E-state index contributed by atoms with van der Waals surface area (Å²) in [6.07, 6.45) is 34.4. The van der Waals surface area contributed by atoms with Crippen molar-refractivity contribution in [3.05, 3.63) is 93.2 Å². The van der Waals surface area contributed by atoms with Crippen LogP contribution in [-0.2, 0) is 0 Å². The van der Waals surface area contributed by atoms with E-state index < -0.39 is 0 Å². The highest BCUT2D eigenvalue weighted by Crippen LogP contribution is 2.16. The first-order chi connectivity index (χ1) is 18.5. The van der Waals surface area contributed by atoms with Crippen LogP contribution in [0.3, 0.4) is 0 Å². The van der Waals surface area contributed by atoms with Crippen LogP contribution in [0.15, 0.2) is 93.2 Å². The minimum atomic E-state index is 1.09. The van der Waals surface area contributed by atoms with Crippen LogP contribution in [-0.4, -0.2) is 0 Å². The predicted molar refractivity (Wildman–Crippen MR) is 181 cm³/mol. The zero-order chi connectivity index (χ0) is 29.5. The van der Waals surface area contributed by atoms with Crippen molar-refractivity contribution in [3.63, 3.8) is 0 Å². The van der Waals surface area contributed by atoms with E-state index in [9.17, 15) is 0 Å². The molecular weight excluding hydrogens is 468 g/mol. The van der Waals surface area contributed by atoms with Gasteiger partial charge in [0.25, 0.3) is 0 Å². The summed E-state index contributed by atoms with van der Waals surface area (Å²) in [4.78, 5) is 0. The lowest BCUT2D eigenvalue weighted by molar-refractivity contribution is 0.883. The van der Waals surface area contributed by atoms with Gasteiger partial charge in [0.05, 0.1) is 0 Å². The second-order valence-corrected chi connectivity index (χ2v) is 12.2. The molecule has 0 aliphatic carbocycles. The first-order valence-corrected chi connectivity index (χ1v) is 15.7. The molecule has 0 nitrogen and oxygen atoms in total. The van der Waals surface area contributed by atoms with Crippen molar-refractivity contribution in [2.24, 2.45) is 0 Å². The Labute approximate surface area is 245 Å². The molecule has 0 aromatic carbocycles. The molecule has 39 heavy (non-hydrogen) atoms. The van der Waals surface area contributed by atoms with E-state index in [0.29, 0.717) is 0 Å². The van der Waals surface area contributed by atoms with Gasteiger partial charge < -0.3 is 0 Å². The van der Waals surface area contributed by atoms with Crippen LogP contribution in [0.5, 0.6) is 0 Å². The fraction of sp³-hybridized carbons (Fsp3) is 0.590. The monoisotopic (exact) mass is 533 g/mol. The summed E-state index contributed by atoms with van der Waals surface area (Å²) in [5.74, 6) is 0. The summed E-state index contributed by atoms with van der Waals surface area (Å²) in [6.45, 7) is 22.4. The van der Waals surface area contributed by atoms with Crippen LogP contribution in [0.25, 0.3) is 0 Å². The van der Waals surface area contributed by atoms with Crippen LogP contribution in [0, 0.1) is 0 Å². The molecule has 0 heteroatoms. The van der Waals surface area contributed by atoms with Crippen molar-refractivity contribution >= 4 is 0 Å². The Morgan fingerprint density at radius 1 is 0.333 bits per heavy atom. The first kappa shape index (κ1) is 36.9. The van der Waals surface area contributed by atoms with Gasteiger partial charge in [0.2, 0.25) is 0 Å². The van der Waals surface area contributed by atoms with Gasteiger partial charge in [0, 0.05) is 0 Å². The van der Waals surface area contributed by atoms with Crippen LogP contribution in [0.4, 0.5) is 0 Å². The Bertz CT molecular complexity index is 913. The first-order valence-electron chi connectivity index (χ1n) is 15.7. The number of rotatable bonds is 20. The summed E-state index contributed by atoms with van der Waals surface area (Å²) in [5.41, 5.74) is 12.0. The zero-order valence-electron chi connectivity index (χ0n) is 27.8. The molecule has 0 atom stereocenters.